The molecule has 3 rings (SSSR count). The predicted octanol–water partition coefficient (Wildman–Crippen LogP) is 4.97. The minimum absolute atomic E-state index is 0.294. The van der Waals surface area contributed by atoms with Crippen LogP contribution in [-0.2, 0) is 9.47 Å². The summed E-state index contributed by atoms with van der Waals surface area (Å²) < 4.78 is 52.7. The largest absolute Gasteiger partial charge is 0.348 e. The van der Waals surface area contributed by atoms with Crippen LogP contribution in [-0.4, -0.2) is 13.2 Å². The highest BCUT2D eigenvalue weighted by Crippen LogP contribution is 2.29. The molecule has 0 radical (unpaired) electrons. The molecular formula is C21H19F3O2. The third-order valence-electron chi connectivity index (χ3n) is 4.18. The molecule has 2 nitrogen and oxygen atoms in total. The van der Waals surface area contributed by atoms with E-state index in [9.17, 15) is 13.2 Å². The van der Waals surface area contributed by atoms with Gasteiger partial charge in [0.25, 0.3) is 0 Å². The molecule has 26 heavy (non-hydrogen) atoms. The smallest absolute Gasteiger partial charge is 0.184 e. The van der Waals surface area contributed by atoms with E-state index in [2.05, 4.69) is 18.8 Å². The molecule has 5 heteroatoms. The Morgan fingerprint density at radius 2 is 1.58 bits per heavy atom. The number of hydrogen-bond acceptors (Lipinski definition) is 2. The summed E-state index contributed by atoms with van der Waals surface area (Å²) in [6.07, 6.45) is 1.26. The van der Waals surface area contributed by atoms with Crippen molar-refractivity contribution in [2.24, 2.45) is 5.92 Å². The van der Waals surface area contributed by atoms with Gasteiger partial charge in [-0.3, -0.25) is 0 Å². The minimum Gasteiger partial charge on any atom is -0.348 e. The lowest BCUT2D eigenvalue weighted by atomic mass is 10.0. The van der Waals surface area contributed by atoms with Crippen LogP contribution in [0.1, 0.15) is 42.7 Å². The molecule has 1 saturated heterocycles. The van der Waals surface area contributed by atoms with E-state index in [0.29, 0.717) is 30.3 Å². The normalized spacial score (nSPS) is 19.7. The lowest BCUT2D eigenvalue weighted by Gasteiger charge is -2.29. The van der Waals surface area contributed by atoms with E-state index in [0.717, 1.165) is 12.8 Å². The average molecular weight is 360 g/mol. The van der Waals surface area contributed by atoms with E-state index in [-0.39, 0.29) is 5.56 Å². The summed E-state index contributed by atoms with van der Waals surface area (Å²) in [6, 6.07) is 7.74. The second-order valence-electron chi connectivity index (χ2n) is 6.27. The number of benzene rings is 2. The predicted molar refractivity (Wildman–Crippen MR) is 91.8 cm³/mol. The van der Waals surface area contributed by atoms with Gasteiger partial charge < -0.3 is 9.47 Å². The summed E-state index contributed by atoms with van der Waals surface area (Å²) in [6.45, 7) is 3.10. The fourth-order valence-corrected chi connectivity index (χ4v) is 2.83. The van der Waals surface area contributed by atoms with Crippen LogP contribution in [0, 0.1) is 35.2 Å². The summed E-state index contributed by atoms with van der Waals surface area (Å²) in [5, 5.41) is 0. The van der Waals surface area contributed by atoms with Crippen LogP contribution in [0.3, 0.4) is 0 Å². The zero-order chi connectivity index (χ0) is 18.5. The maximum atomic E-state index is 14.3. The SMILES string of the molecule is CCC[C@H]1CO[C@H](c2cc(F)c(C#Cc3ccc(F)cc3)c(F)c2)OC1. The van der Waals surface area contributed by atoms with Gasteiger partial charge in [0.05, 0.1) is 18.8 Å². The van der Waals surface area contributed by atoms with Crippen molar-refractivity contribution >= 4 is 0 Å². The van der Waals surface area contributed by atoms with Crippen LogP contribution in [0.25, 0.3) is 0 Å². The topological polar surface area (TPSA) is 18.5 Å². The number of rotatable bonds is 3. The molecule has 0 aliphatic carbocycles. The van der Waals surface area contributed by atoms with Crippen molar-refractivity contribution < 1.29 is 22.6 Å². The first-order valence-corrected chi connectivity index (χ1v) is 8.56. The molecule has 1 aliphatic rings. The van der Waals surface area contributed by atoms with E-state index in [4.69, 9.17) is 9.47 Å². The molecule has 0 aromatic heterocycles. The second kappa shape index (κ2) is 8.39. The van der Waals surface area contributed by atoms with Gasteiger partial charge in [-0.25, -0.2) is 13.2 Å². The maximum Gasteiger partial charge on any atom is 0.184 e. The molecular weight excluding hydrogens is 341 g/mol. The first kappa shape index (κ1) is 18.5. The Hall–Kier alpha value is -2.29. The van der Waals surface area contributed by atoms with Crippen molar-refractivity contribution in [2.75, 3.05) is 13.2 Å². The zero-order valence-corrected chi connectivity index (χ0v) is 14.4. The zero-order valence-electron chi connectivity index (χ0n) is 14.4. The molecule has 0 amide bonds. The van der Waals surface area contributed by atoms with Gasteiger partial charge in [0.1, 0.15) is 17.5 Å². The van der Waals surface area contributed by atoms with Gasteiger partial charge in [0.15, 0.2) is 6.29 Å². The van der Waals surface area contributed by atoms with Crippen LogP contribution >= 0.6 is 0 Å². The molecule has 136 valence electrons. The third-order valence-corrected chi connectivity index (χ3v) is 4.18. The van der Waals surface area contributed by atoms with Crippen molar-refractivity contribution in [1.82, 2.24) is 0 Å². The van der Waals surface area contributed by atoms with Crippen molar-refractivity contribution in [3.63, 3.8) is 0 Å². The Bertz CT molecular complexity index is 790. The first-order valence-electron chi connectivity index (χ1n) is 8.56. The molecule has 2 aromatic carbocycles. The lowest BCUT2D eigenvalue weighted by Crippen LogP contribution is -2.27. The summed E-state index contributed by atoms with van der Waals surface area (Å²) in [5.74, 6) is 3.45. The monoisotopic (exact) mass is 360 g/mol. The minimum atomic E-state index is -0.780. The Morgan fingerprint density at radius 1 is 0.962 bits per heavy atom. The van der Waals surface area contributed by atoms with Crippen LogP contribution in [0.2, 0.25) is 0 Å². The molecule has 0 saturated carbocycles. The molecule has 0 bridgehead atoms. The summed E-state index contributed by atoms with van der Waals surface area (Å²) in [4.78, 5) is 0. The standard InChI is InChI=1S/C21H19F3O2/c1-2-3-15-12-25-21(26-13-15)16-10-19(23)18(20(24)11-16)9-6-14-4-7-17(22)8-5-14/h4-5,7-8,10-11,15,21H,2-3,12-13H2,1H3/t15-,21-. The lowest BCUT2D eigenvalue weighted by molar-refractivity contribution is -0.206. The molecule has 2 aromatic rings. The van der Waals surface area contributed by atoms with Gasteiger partial charge in [-0.1, -0.05) is 25.2 Å². The van der Waals surface area contributed by atoms with Gasteiger partial charge in [-0.05, 0) is 42.8 Å². The van der Waals surface area contributed by atoms with Crippen LogP contribution in [0.5, 0.6) is 0 Å². The molecule has 1 fully saturated rings. The van der Waals surface area contributed by atoms with Crippen molar-refractivity contribution in [1.29, 1.82) is 0 Å². The Kier molecular flexibility index (Phi) is 5.97. The highest BCUT2D eigenvalue weighted by Gasteiger charge is 2.24. The van der Waals surface area contributed by atoms with E-state index in [1.807, 2.05) is 0 Å². The Balaban J connectivity index is 1.76. The summed E-state index contributed by atoms with van der Waals surface area (Å²) in [5.41, 5.74) is 0.426. The van der Waals surface area contributed by atoms with Crippen molar-refractivity contribution in [2.45, 2.75) is 26.1 Å². The summed E-state index contributed by atoms with van der Waals surface area (Å²) >= 11 is 0. The van der Waals surface area contributed by atoms with Crippen molar-refractivity contribution in [3.05, 3.63) is 70.5 Å². The van der Waals surface area contributed by atoms with Gasteiger partial charge in [0, 0.05) is 17.0 Å². The molecule has 0 unspecified atom stereocenters. The summed E-state index contributed by atoms with van der Waals surface area (Å²) in [7, 11) is 0. The fraction of sp³-hybridized carbons (Fsp3) is 0.333. The number of halogens is 3. The van der Waals surface area contributed by atoms with Gasteiger partial charge in [-0.2, -0.15) is 0 Å². The van der Waals surface area contributed by atoms with E-state index < -0.39 is 23.7 Å². The van der Waals surface area contributed by atoms with E-state index >= 15 is 0 Å². The second-order valence-corrected chi connectivity index (χ2v) is 6.27. The number of hydrogen-bond donors (Lipinski definition) is 0. The van der Waals surface area contributed by atoms with Gasteiger partial charge in [-0.15, -0.1) is 0 Å². The third kappa shape index (κ3) is 4.46. The van der Waals surface area contributed by atoms with E-state index in [1.54, 1.807) is 0 Å². The quantitative estimate of drug-likeness (QED) is 0.720. The fourth-order valence-electron chi connectivity index (χ4n) is 2.83. The Morgan fingerprint density at radius 3 is 2.15 bits per heavy atom. The van der Waals surface area contributed by atoms with Crippen LogP contribution in [0.4, 0.5) is 13.2 Å². The highest BCUT2D eigenvalue weighted by atomic mass is 19.1. The van der Waals surface area contributed by atoms with Crippen LogP contribution < -0.4 is 0 Å². The average Bonchev–Trinajstić information content (AvgIpc) is 2.63. The molecule has 0 N–H and O–H groups in total. The number of ether oxygens (including phenoxy) is 2. The molecule has 0 atom stereocenters. The van der Waals surface area contributed by atoms with Gasteiger partial charge >= 0.3 is 0 Å². The van der Waals surface area contributed by atoms with Gasteiger partial charge in [0.2, 0.25) is 0 Å². The van der Waals surface area contributed by atoms with Crippen LogP contribution in [0.15, 0.2) is 36.4 Å². The maximum absolute atomic E-state index is 14.3. The van der Waals surface area contributed by atoms with E-state index in [1.165, 1.54) is 36.4 Å². The molecule has 1 heterocycles. The van der Waals surface area contributed by atoms with Crippen molar-refractivity contribution in [3.8, 4) is 11.8 Å². The highest BCUT2D eigenvalue weighted by molar-refractivity contribution is 5.45. The molecule has 0 spiro atoms. The Labute approximate surface area is 150 Å². The first-order chi connectivity index (χ1) is 12.6. The molecule has 1 aliphatic heterocycles.